The van der Waals surface area contributed by atoms with Crippen molar-refractivity contribution in [2.75, 3.05) is 27.4 Å². The van der Waals surface area contributed by atoms with Crippen molar-refractivity contribution in [3.05, 3.63) is 0 Å². The van der Waals surface area contributed by atoms with Crippen LogP contribution >= 0.6 is 15.9 Å². The van der Waals surface area contributed by atoms with Gasteiger partial charge in [0.2, 0.25) is 0 Å². The third-order valence-electron chi connectivity index (χ3n) is 0.440. The van der Waals surface area contributed by atoms with Gasteiger partial charge in [-0.25, -0.2) is 0 Å². The van der Waals surface area contributed by atoms with Gasteiger partial charge >= 0.3 is 5.97 Å². The Morgan fingerprint density at radius 3 is 1.54 bits per heavy atom. The van der Waals surface area contributed by atoms with E-state index < -0.39 is 10.8 Å². The van der Waals surface area contributed by atoms with Gasteiger partial charge < -0.3 is 20.1 Å². The van der Waals surface area contributed by atoms with E-state index in [0.29, 0.717) is 0 Å². The Labute approximate surface area is 86.5 Å². The lowest BCUT2D eigenvalue weighted by molar-refractivity contribution is -0.135. The maximum Gasteiger partial charge on any atom is 0.316 e. The van der Waals surface area contributed by atoms with E-state index in [1.165, 1.54) is 0 Å². The van der Waals surface area contributed by atoms with E-state index in [1.807, 2.05) is 0 Å². The highest BCUT2D eigenvalue weighted by Gasteiger charge is 2.01. The number of alkyl halides is 1. The number of carbonyl (C=O) groups is 1. The van der Waals surface area contributed by atoms with Crippen molar-refractivity contribution in [2.24, 2.45) is 0 Å². The SMILES string of the molecule is CC(Br)C(=O)O.COC.OCCO. The van der Waals surface area contributed by atoms with Gasteiger partial charge in [-0.05, 0) is 6.92 Å². The quantitative estimate of drug-likeness (QED) is 0.613. The molecule has 0 radical (unpaired) electrons. The zero-order chi connectivity index (χ0) is 11.3. The number of aliphatic carboxylic acids is 1. The zero-order valence-electron chi connectivity index (χ0n) is 8.03. The van der Waals surface area contributed by atoms with Crippen LogP contribution in [0.1, 0.15) is 6.92 Å². The molecule has 1 atom stereocenters. The van der Waals surface area contributed by atoms with Crippen molar-refractivity contribution < 1.29 is 24.9 Å². The van der Waals surface area contributed by atoms with Crippen LogP contribution in [0.2, 0.25) is 0 Å². The first-order valence-electron chi connectivity index (χ1n) is 3.46. The number of rotatable bonds is 2. The van der Waals surface area contributed by atoms with Crippen LogP contribution in [0.15, 0.2) is 0 Å². The molecule has 5 nitrogen and oxygen atoms in total. The number of hydrogen-bond donors (Lipinski definition) is 3. The van der Waals surface area contributed by atoms with Gasteiger partial charge in [-0.1, -0.05) is 15.9 Å². The fraction of sp³-hybridized carbons (Fsp3) is 0.857. The van der Waals surface area contributed by atoms with Crippen molar-refractivity contribution in [2.45, 2.75) is 11.8 Å². The van der Waals surface area contributed by atoms with Crippen LogP contribution in [0.3, 0.4) is 0 Å². The van der Waals surface area contributed by atoms with E-state index in [9.17, 15) is 4.79 Å². The molecule has 0 spiro atoms. The van der Waals surface area contributed by atoms with E-state index >= 15 is 0 Å². The summed E-state index contributed by atoms with van der Waals surface area (Å²) in [6.45, 7) is 1.31. The highest BCUT2D eigenvalue weighted by Crippen LogP contribution is 1.93. The Bertz CT molecular complexity index is 94.9. The van der Waals surface area contributed by atoms with E-state index in [1.54, 1.807) is 21.1 Å². The highest BCUT2D eigenvalue weighted by molar-refractivity contribution is 9.10. The molecule has 13 heavy (non-hydrogen) atoms. The summed E-state index contributed by atoms with van der Waals surface area (Å²) in [5.41, 5.74) is 0. The number of ether oxygens (including phenoxy) is 1. The average Bonchev–Trinajstić information content (AvgIpc) is 2.06. The van der Waals surface area contributed by atoms with Gasteiger partial charge in [0.25, 0.3) is 0 Å². The van der Waals surface area contributed by atoms with Crippen molar-refractivity contribution >= 4 is 21.9 Å². The van der Waals surface area contributed by atoms with Crippen LogP contribution in [0.25, 0.3) is 0 Å². The lowest BCUT2D eigenvalue weighted by Crippen LogP contribution is -2.06. The molecule has 0 fully saturated rings. The summed E-state index contributed by atoms with van der Waals surface area (Å²) in [6.07, 6.45) is 0. The molecule has 0 bridgehead atoms. The molecule has 0 aliphatic carbocycles. The Kier molecular flexibility index (Phi) is 25.4. The number of aliphatic hydroxyl groups is 2. The van der Waals surface area contributed by atoms with Crippen LogP contribution in [0, 0.1) is 0 Å². The van der Waals surface area contributed by atoms with Crippen molar-refractivity contribution in [3.63, 3.8) is 0 Å². The van der Waals surface area contributed by atoms with E-state index in [0.717, 1.165) is 0 Å². The third-order valence-corrected chi connectivity index (χ3v) is 0.832. The molecule has 82 valence electrons. The van der Waals surface area contributed by atoms with Crippen molar-refractivity contribution in [1.82, 2.24) is 0 Å². The second-order valence-electron chi connectivity index (χ2n) is 1.81. The van der Waals surface area contributed by atoms with Gasteiger partial charge in [0.05, 0.1) is 13.2 Å². The minimum atomic E-state index is -0.824. The molecule has 1 unspecified atom stereocenters. The Balaban J connectivity index is -0.000000125. The Morgan fingerprint density at radius 2 is 1.54 bits per heavy atom. The second-order valence-corrected chi connectivity index (χ2v) is 3.18. The summed E-state index contributed by atoms with van der Waals surface area (Å²) in [6, 6.07) is 0. The van der Waals surface area contributed by atoms with Crippen LogP contribution in [0.5, 0.6) is 0 Å². The summed E-state index contributed by atoms with van der Waals surface area (Å²) in [5, 5.41) is 23.2. The molecule has 0 saturated carbocycles. The molecule has 3 N–H and O–H groups in total. The smallest absolute Gasteiger partial charge is 0.316 e. The molecule has 0 heterocycles. The van der Waals surface area contributed by atoms with E-state index in [-0.39, 0.29) is 13.2 Å². The maximum atomic E-state index is 9.65. The first-order valence-corrected chi connectivity index (χ1v) is 4.38. The Hall–Kier alpha value is -0.170. The molecule has 0 rings (SSSR count). The second kappa shape index (κ2) is 17.8. The standard InChI is InChI=1S/C3H5BrO2.C2H6O2.C2H6O/c1-2(4)3(5)6;3-1-2-4;1-3-2/h2H,1H3,(H,5,6);3-4H,1-2H2;1-2H3. The average molecular weight is 261 g/mol. The molecular weight excluding hydrogens is 244 g/mol. The monoisotopic (exact) mass is 260 g/mol. The summed E-state index contributed by atoms with van der Waals surface area (Å²) in [7, 11) is 3.25. The minimum absolute atomic E-state index is 0.125. The molecule has 0 saturated heterocycles. The van der Waals surface area contributed by atoms with Crippen LogP contribution in [0.4, 0.5) is 0 Å². The van der Waals surface area contributed by atoms with E-state index in [4.69, 9.17) is 15.3 Å². The Morgan fingerprint density at radius 1 is 1.38 bits per heavy atom. The number of halogens is 1. The molecule has 0 aliphatic rings. The zero-order valence-corrected chi connectivity index (χ0v) is 9.61. The van der Waals surface area contributed by atoms with Gasteiger partial charge in [0.1, 0.15) is 4.83 Å². The van der Waals surface area contributed by atoms with E-state index in [2.05, 4.69) is 20.7 Å². The summed E-state index contributed by atoms with van der Waals surface area (Å²) >= 11 is 2.84. The summed E-state index contributed by atoms with van der Waals surface area (Å²) in [4.78, 5) is 9.23. The highest BCUT2D eigenvalue weighted by atomic mass is 79.9. The van der Waals surface area contributed by atoms with Gasteiger partial charge in [-0.2, -0.15) is 0 Å². The van der Waals surface area contributed by atoms with Crippen LogP contribution in [-0.2, 0) is 9.53 Å². The lowest BCUT2D eigenvalue weighted by Gasteiger charge is -1.87. The molecule has 0 aromatic heterocycles. The number of methoxy groups -OCH3 is 1. The van der Waals surface area contributed by atoms with Gasteiger partial charge in [-0.15, -0.1) is 0 Å². The largest absolute Gasteiger partial charge is 0.480 e. The number of hydrogen-bond acceptors (Lipinski definition) is 4. The molecule has 6 heteroatoms. The first-order chi connectivity index (χ1) is 5.97. The molecular formula is C7H17BrO5. The molecule has 0 aliphatic heterocycles. The first kappa shape index (κ1) is 18.6. The fourth-order valence-electron chi connectivity index (χ4n) is 0. The lowest BCUT2D eigenvalue weighted by atomic mass is 10.5. The molecule has 0 amide bonds. The van der Waals surface area contributed by atoms with Gasteiger partial charge in [0, 0.05) is 14.2 Å². The summed E-state index contributed by atoms with van der Waals surface area (Å²) in [5.74, 6) is -0.824. The predicted molar refractivity (Wildman–Crippen MR) is 53.1 cm³/mol. The third kappa shape index (κ3) is 49.0. The van der Waals surface area contributed by atoms with Gasteiger partial charge in [-0.3, -0.25) is 4.79 Å². The maximum absolute atomic E-state index is 9.65. The number of aliphatic hydroxyl groups excluding tert-OH is 2. The summed E-state index contributed by atoms with van der Waals surface area (Å²) < 4.78 is 4.25. The topological polar surface area (TPSA) is 87.0 Å². The predicted octanol–water partition coefficient (Wildman–Crippen LogP) is 0.0880. The van der Waals surface area contributed by atoms with Crippen LogP contribution < -0.4 is 0 Å². The number of carboxylic acids is 1. The molecule has 0 aromatic rings. The van der Waals surface area contributed by atoms with Crippen molar-refractivity contribution in [3.8, 4) is 0 Å². The fourth-order valence-corrected chi connectivity index (χ4v) is 0. The number of carboxylic acid groups (broad SMARTS) is 1. The van der Waals surface area contributed by atoms with Crippen molar-refractivity contribution in [1.29, 1.82) is 0 Å². The molecule has 0 aromatic carbocycles. The minimum Gasteiger partial charge on any atom is -0.480 e. The van der Waals surface area contributed by atoms with Gasteiger partial charge in [0.15, 0.2) is 0 Å². The normalized spacial score (nSPS) is 10.0. The van der Waals surface area contributed by atoms with Crippen LogP contribution in [-0.4, -0.2) is 53.5 Å².